The highest BCUT2D eigenvalue weighted by Crippen LogP contribution is 2.39. The molecule has 0 amide bonds. The molecule has 0 fully saturated rings. The number of hydrogen-bond donors (Lipinski definition) is 0. The van der Waals surface area contributed by atoms with Crippen molar-refractivity contribution in [3.8, 4) is 39.1 Å². The van der Waals surface area contributed by atoms with Crippen LogP contribution in [0.25, 0.3) is 60.9 Å². The topological polar surface area (TPSA) is 22.0 Å². The largest absolute Gasteiger partial charge is 0.319 e. The van der Waals surface area contributed by atoms with Crippen molar-refractivity contribution in [1.82, 2.24) is 4.57 Å². The van der Waals surface area contributed by atoms with Gasteiger partial charge in [-0.25, -0.2) is 0 Å². The van der Waals surface area contributed by atoms with Crippen molar-refractivity contribution in [3.05, 3.63) is 146 Å². The maximum Gasteiger partial charge on any atom is 0.109 e. The van der Waals surface area contributed by atoms with E-state index in [1.807, 2.05) is 31.5 Å². The summed E-state index contributed by atoms with van der Waals surface area (Å²) in [7, 11) is -2.35. The van der Waals surface area contributed by atoms with Gasteiger partial charge in [-0.15, -0.1) is 0 Å². The minimum absolute atomic E-state index is 0.906. The third-order valence-electron chi connectivity index (χ3n) is 7.91. The molecule has 7 aromatic rings. The van der Waals surface area contributed by atoms with Gasteiger partial charge in [0.25, 0.3) is 0 Å². The summed E-state index contributed by atoms with van der Waals surface area (Å²) in [5.74, 6) is 0. The Morgan fingerprint density at radius 2 is 0.976 bits per heavy atom. The third kappa shape index (κ3) is 4.71. The molecule has 0 aliphatic carbocycles. The molecule has 0 atom stereocenters. The Morgan fingerprint density at radius 3 is 1.66 bits per heavy atom. The maximum absolute atomic E-state index is 12.8. The lowest BCUT2D eigenvalue weighted by Gasteiger charge is -2.11. The first-order valence-electron chi connectivity index (χ1n) is 13.9. The predicted molar refractivity (Wildman–Crippen MR) is 176 cm³/mol. The van der Waals surface area contributed by atoms with Crippen molar-refractivity contribution in [2.24, 2.45) is 0 Å². The summed E-state index contributed by atoms with van der Waals surface area (Å²) in [5, 5.41) is 3.32. The lowest BCUT2D eigenvalue weighted by Crippen LogP contribution is -2.02. The molecule has 0 spiro atoms. The quantitative estimate of drug-likeness (QED) is 0.197. The lowest BCUT2D eigenvalue weighted by molar-refractivity contribution is 0.588. The third-order valence-corrected chi connectivity index (χ3v) is 9.43. The Hall–Kier alpha value is -4.65. The molecule has 6 aromatic carbocycles. The van der Waals surface area contributed by atoms with E-state index in [0.29, 0.717) is 0 Å². The Labute approximate surface area is 240 Å². The molecule has 1 heterocycles. The molecule has 3 heteroatoms. The summed E-state index contributed by atoms with van der Waals surface area (Å²) in [6.45, 7) is 3.66. The van der Waals surface area contributed by atoms with Crippen LogP contribution in [0.15, 0.2) is 146 Å². The fraction of sp³-hybridized carbons (Fsp3) is 0.0526. The van der Waals surface area contributed by atoms with Gasteiger partial charge in [-0.3, -0.25) is 0 Å². The summed E-state index contributed by atoms with van der Waals surface area (Å²) in [6.07, 6.45) is 0. The average molecular weight is 548 g/mol. The van der Waals surface area contributed by atoms with Gasteiger partial charge in [0.15, 0.2) is 0 Å². The Morgan fingerprint density at radius 1 is 0.439 bits per heavy atom. The summed E-state index contributed by atoms with van der Waals surface area (Å²) < 4.78 is 15.2. The van der Waals surface area contributed by atoms with E-state index in [1.165, 1.54) is 38.5 Å². The molecule has 7 rings (SSSR count). The van der Waals surface area contributed by atoms with Gasteiger partial charge in [0.1, 0.15) is 7.14 Å². The van der Waals surface area contributed by atoms with Crippen molar-refractivity contribution in [1.29, 1.82) is 0 Å². The van der Waals surface area contributed by atoms with Crippen LogP contribution in [-0.2, 0) is 4.57 Å². The summed E-state index contributed by atoms with van der Waals surface area (Å²) in [6, 6.07) is 51.5. The molecule has 0 aliphatic rings. The second kappa shape index (κ2) is 10.1. The smallest absolute Gasteiger partial charge is 0.109 e. The Bertz CT molecular complexity index is 2070. The predicted octanol–water partition coefficient (Wildman–Crippen LogP) is 10.0. The van der Waals surface area contributed by atoms with E-state index in [9.17, 15) is 4.57 Å². The molecule has 0 saturated heterocycles. The summed E-state index contributed by atoms with van der Waals surface area (Å²) >= 11 is 0. The van der Waals surface area contributed by atoms with Crippen LogP contribution in [0.4, 0.5) is 0 Å². The minimum Gasteiger partial charge on any atom is -0.319 e. The normalized spacial score (nSPS) is 11.8. The summed E-state index contributed by atoms with van der Waals surface area (Å²) in [5.41, 5.74) is 10.5. The first-order valence-corrected chi connectivity index (χ1v) is 16.5. The van der Waals surface area contributed by atoms with Gasteiger partial charge in [0.2, 0.25) is 0 Å². The number of nitrogens with zero attached hydrogens (tertiary/aromatic N) is 1. The van der Waals surface area contributed by atoms with Gasteiger partial charge in [-0.05, 0) is 83.1 Å². The number of benzene rings is 6. The van der Waals surface area contributed by atoms with Crippen LogP contribution in [0.3, 0.4) is 0 Å². The number of aromatic nitrogens is 1. The lowest BCUT2D eigenvalue weighted by atomic mass is 10.0. The summed E-state index contributed by atoms with van der Waals surface area (Å²) in [4.78, 5) is 0. The van der Waals surface area contributed by atoms with Crippen molar-refractivity contribution >= 4 is 34.3 Å². The van der Waals surface area contributed by atoms with E-state index in [4.69, 9.17) is 0 Å². The van der Waals surface area contributed by atoms with E-state index in [-0.39, 0.29) is 0 Å². The second-order valence-corrected chi connectivity index (χ2v) is 14.2. The second-order valence-electron chi connectivity index (χ2n) is 11.0. The molecular formula is C38H30NOP. The molecule has 1 aromatic heterocycles. The maximum atomic E-state index is 12.8. The minimum atomic E-state index is -2.35. The zero-order chi connectivity index (χ0) is 28.0. The van der Waals surface area contributed by atoms with Crippen LogP contribution in [0.2, 0.25) is 0 Å². The van der Waals surface area contributed by atoms with Gasteiger partial charge in [-0.2, -0.15) is 0 Å². The fourth-order valence-electron chi connectivity index (χ4n) is 5.74. The zero-order valence-electron chi connectivity index (χ0n) is 23.2. The van der Waals surface area contributed by atoms with Crippen molar-refractivity contribution in [2.75, 3.05) is 13.3 Å². The van der Waals surface area contributed by atoms with Crippen molar-refractivity contribution in [2.45, 2.75) is 0 Å². The van der Waals surface area contributed by atoms with E-state index >= 15 is 0 Å². The van der Waals surface area contributed by atoms with E-state index < -0.39 is 7.14 Å². The molecule has 198 valence electrons. The first-order chi connectivity index (χ1) is 20.0. The van der Waals surface area contributed by atoms with Crippen molar-refractivity contribution < 1.29 is 4.57 Å². The molecule has 0 N–H and O–H groups in total. The van der Waals surface area contributed by atoms with Crippen molar-refractivity contribution in [3.63, 3.8) is 0 Å². The molecule has 2 nitrogen and oxygen atoms in total. The van der Waals surface area contributed by atoms with Gasteiger partial charge in [0, 0.05) is 21.8 Å². The average Bonchev–Trinajstić information content (AvgIpc) is 3.34. The van der Waals surface area contributed by atoms with Gasteiger partial charge in [-0.1, -0.05) is 109 Å². The molecule has 0 saturated carbocycles. The van der Waals surface area contributed by atoms with Crippen LogP contribution < -0.4 is 5.30 Å². The molecule has 0 unspecified atom stereocenters. The van der Waals surface area contributed by atoms with Crippen LogP contribution in [0.5, 0.6) is 0 Å². The SMILES string of the molecule is CP(C)(=O)c1cccc(-c2ccc3c(c2)c2ccc(-c4ccccc4)cc2n3-c2ccc(-c3ccccc3)cc2)c1. The van der Waals surface area contributed by atoms with Crippen LogP contribution in [0.1, 0.15) is 0 Å². The fourth-order valence-corrected chi connectivity index (χ4v) is 6.64. The van der Waals surface area contributed by atoms with E-state index in [0.717, 1.165) is 27.6 Å². The van der Waals surface area contributed by atoms with Gasteiger partial charge >= 0.3 is 0 Å². The molecule has 0 aliphatic heterocycles. The first kappa shape index (κ1) is 25.3. The number of rotatable bonds is 5. The van der Waals surface area contributed by atoms with Crippen LogP contribution >= 0.6 is 7.14 Å². The Kier molecular flexibility index (Phi) is 6.22. The monoisotopic (exact) mass is 547 g/mol. The molecular weight excluding hydrogens is 517 g/mol. The molecule has 0 radical (unpaired) electrons. The highest BCUT2D eigenvalue weighted by atomic mass is 31.2. The Balaban J connectivity index is 1.44. The highest BCUT2D eigenvalue weighted by molar-refractivity contribution is 7.70. The standard InChI is InChI=1S/C38H30NOP/c1-41(2,40)34-15-9-14-30(24-34)31-19-23-37-36(25-31)35-22-18-32(28-12-7-4-8-13-28)26-38(35)39(37)33-20-16-29(17-21-33)27-10-5-3-6-11-27/h3-26H,1-2H3. The number of hydrogen-bond acceptors (Lipinski definition) is 1. The van der Waals surface area contributed by atoms with E-state index in [1.54, 1.807) is 0 Å². The molecule has 41 heavy (non-hydrogen) atoms. The van der Waals surface area contributed by atoms with Gasteiger partial charge < -0.3 is 9.13 Å². The van der Waals surface area contributed by atoms with Gasteiger partial charge in [0.05, 0.1) is 11.0 Å². The number of fused-ring (bicyclic) bond motifs is 3. The highest BCUT2D eigenvalue weighted by Gasteiger charge is 2.16. The van der Waals surface area contributed by atoms with E-state index in [2.05, 4.69) is 132 Å². The van der Waals surface area contributed by atoms with Crippen LogP contribution in [0, 0.1) is 0 Å². The van der Waals surface area contributed by atoms with Crippen LogP contribution in [-0.4, -0.2) is 17.9 Å². The zero-order valence-corrected chi connectivity index (χ0v) is 24.1. The molecule has 0 bridgehead atoms.